The van der Waals surface area contributed by atoms with Crippen molar-refractivity contribution >= 4 is 23.6 Å². The largest absolute Gasteiger partial charge is 0.480 e. The lowest BCUT2D eigenvalue weighted by Gasteiger charge is -2.24. The number of carboxylic acids is 1. The van der Waals surface area contributed by atoms with Crippen LogP contribution in [0.1, 0.15) is 32.6 Å². The maximum atomic E-state index is 12.1. The molecule has 0 radical (unpaired) electrons. The van der Waals surface area contributed by atoms with Crippen molar-refractivity contribution in [2.24, 2.45) is 0 Å². The summed E-state index contributed by atoms with van der Waals surface area (Å²) in [6.07, 6.45) is 2.84. The molecule has 1 aliphatic heterocycles. The van der Waals surface area contributed by atoms with Crippen molar-refractivity contribution < 1.29 is 19.4 Å². The molecule has 104 valence electrons. The number of carbonyl (C=O) groups excluding carboxylic acids is 1. The van der Waals surface area contributed by atoms with Gasteiger partial charge in [0.15, 0.2) is 0 Å². The highest BCUT2D eigenvalue weighted by Crippen LogP contribution is 2.37. The van der Waals surface area contributed by atoms with Crippen LogP contribution >= 0.6 is 11.8 Å². The Hall–Kier alpha value is -0.750. The lowest BCUT2D eigenvalue weighted by molar-refractivity contribution is -0.142. The molecule has 0 bridgehead atoms. The Morgan fingerprint density at radius 2 is 2.28 bits per heavy atom. The van der Waals surface area contributed by atoms with Gasteiger partial charge in [-0.2, -0.15) is 0 Å². The van der Waals surface area contributed by atoms with Crippen LogP contribution in [-0.4, -0.2) is 47.2 Å². The van der Waals surface area contributed by atoms with Crippen molar-refractivity contribution in [1.82, 2.24) is 5.32 Å². The van der Waals surface area contributed by atoms with Crippen LogP contribution in [0.2, 0.25) is 0 Å². The molecule has 6 heteroatoms. The lowest BCUT2D eigenvalue weighted by Crippen LogP contribution is -2.48. The Morgan fingerprint density at radius 1 is 1.56 bits per heavy atom. The fourth-order valence-corrected chi connectivity index (χ4v) is 3.18. The molecular weight excluding hydrogens is 254 g/mol. The van der Waals surface area contributed by atoms with Gasteiger partial charge in [0.25, 0.3) is 0 Å². The third-order valence-corrected chi connectivity index (χ3v) is 4.66. The predicted octanol–water partition coefficient (Wildman–Crippen LogP) is 1.27. The molecule has 0 aromatic rings. The molecule has 0 aliphatic carbocycles. The minimum absolute atomic E-state index is 0.158. The summed E-state index contributed by atoms with van der Waals surface area (Å²) < 4.78 is 4.42. The molecule has 18 heavy (non-hydrogen) atoms. The predicted molar refractivity (Wildman–Crippen MR) is 70.8 cm³/mol. The maximum Gasteiger partial charge on any atom is 0.326 e. The zero-order chi connectivity index (χ0) is 13.6. The van der Waals surface area contributed by atoms with Gasteiger partial charge in [0.05, 0.1) is 4.75 Å². The number of ether oxygens (including phenoxy) is 1. The van der Waals surface area contributed by atoms with Gasteiger partial charge in [-0.15, -0.1) is 11.8 Å². The van der Waals surface area contributed by atoms with Crippen LogP contribution in [0.5, 0.6) is 0 Å². The summed E-state index contributed by atoms with van der Waals surface area (Å²) in [6.45, 7) is 2.39. The number of carboxylic acid groups (broad SMARTS) is 1. The second-order valence-corrected chi connectivity index (χ2v) is 6.28. The third-order valence-electron chi connectivity index (χ3n) is 3.14. The molecule has 1 heterocycles. The van der Waals surface area contributed by atoms with Gasteiger partial charge in [0.1, 0.15) is 6.04 Å². The Kier molecular flexibility index (Phi) is 5.95. The minimum atomic E-state index is -0.981. The minimum Gasteiger partial charge on any atom is -0.480 e. The zero-order valence-electron chi connectivity index (χ0n) is 10.9. The van der Waals surface area contributed by atoms with Gasteiger partial charge in [-0.3, -0.25) is 4.79 Å². The van der Waals surface area contributed by atoms with Crippen molar-refractivity contribution in [2.45, 2.75) is 43.4 Å². The van der Waals surface area contributed by atoms with Gasteiger partial charge in [-0.05, 0) is 38.4 Å². The monoisotopic (exact) mass is 275 g/mol. The third kappa shape index (κ3) is 4.17. The van der Waals surface area contributed by atoms with E-state index in [2.05, 4.69) is 5.32 Å². The van der Waals surface area contributed by atoms with Gasteiger partial charge in [0, 0.05) is 13.7 Å². The average molecular weight is 275 g/mol. The van der Waals surface area contributed by atoms with Gasteiger partial charge in [-0.1, -0.05) is 0 Å². The van der Waals surface area contributed by atoms with Crippen LogP contribution < -0.4 is 5.32 Å². The topological polar surface area (TPSA) is 75.6 Å². The van der Waals surface area contributed by atoms with Gasteiger partial charge in [0.2, 0.25) is 5.91 Å². The molecule has 1 fully saturated rings. The van der Waals surface area contributed by atoms with Crippen LogP contribution in [0.25, 0.3) is 0 Å². The molecule has 0 aromatic carbocycles. The Labute approximate surface area is 112 Å². The molecule has 1 amide bonds. The molecule has 0 saturated carbocycles. The first kappa shape index (κ1) is 15.3. The Balaban J connectivity index is 2.49. The average Bonchev–Trinajstić information content (AvgIpc) is 2.76. The summed E-state index contributed by atoms with van der Waals surface area (Å²) in [6, 6.07) is -0.814. The lowest BCUT2D eigenvalue weighted by atomic mass is 10.0. The Morgan fingerprint density at radius 3 is 2.78 bits per heavy atom. The van der Waals surface area contributed by atoms with E-state index in [0.717, 1.165) is 18.6 Å². The van der Waals surface area contributed by atoms with Crippen molar-refractivity contribution in [3.63, 3.8) is 0 Å². The molecule has 0 spiro atoms. The van der Waals surface area contributed by atoms with Gasteiger partial charge < -0.3 is 15.2 Å². The van der Waals surface area contributed by atoms with Crippen LogP contribution in [0.15, 0.2) is 0 Å². The molecule has 2 atom stereocenters. The van der Waals surface area contributed by atoms with E-state index < -0.39 is 16.8 Å². The normalized spacial score (nSPS) is 24.8. The van der Waals surface area contributed by atoms with E-state index >= 15 is 0 Å². The number of nitrogens with one attached hydrogen (secondary N) is 1. The number of rotatable bonds is 7. The maximum absolute atomic E-state index is 12.1. The van der Waals surface area contributed by atoms with E-state index in [9.17, 15) is 9.59 Å². The highest BCUT2D eigenvalue weighted by atomic mass is 32.2. The molecular formula is C12H21NO4S. The van der Waals surface area contributed by atoms with Crippen LogP contribution in [0.3, 0.4) is 0 Å². The van der Waals surface area contributed by atoms with E-state index in [-0.39, 0.29) is 5.91 Å². The van der Waals surface area contributed by atoms with Crippen LogP contribution in [0.4, 0.5) is 0 Å². The zero-order valence-corrected chi connectivity index (χ0v) is 11.7. The first-order valence-corrected chi connectivity index (χ1v) is 7.15. The molecule has 5 nitrogen and oxygen atoms in total. The fourth-order valence-electron chi connectivity index (χ4n) is 1.96. The number of hydrogen-bond acceptors (Lipinski definition) is 4. The summed E-state index contributed by atoms with van der Waals surface area (Å²) >= 11 is 1.61. The molecule has 1 saturated heterocycles. The second kappa shape index (κ2) is 6.99. The Bertz CT molecular complexity index is 302. The highest BCUT2D eigenvalue weighted by molar-refractivity contribution is 8.01. The van der Waals surface area contributed by atoms with E-state index in [1.807, 2.05) is 6.92 Å². The van der Waals surface area contributed by atoms with Gasteiger partial charge in [-0.25, -0.2) is 4.79 Å². The number of carbonyl (C=O) groups is 2. The first-order chi connectivity index (χ1) is 8.49. The van der Waals surface area contributed by atoms with E-state index in [4.69, 9.17) is 9.84 Å². The van der Waals surface area contributed by atoms with E-state index in [1.165, 1.54) is 0 Å². The van der Waals surface area contributed by atoms with Crippen molar-refractivity contribution in [1.29, 1.82) is 0 Å². The molecule has 2 N–H and O–H groups in total. The molecule has 2 unspecified atom stereocenters. The fraction of sp³-hybridized carbons (Fsp3) is 0.833. The molecule has 1 aliphatic rings. The number of methoxy groups -OCH3 is 1. The number of amides is 1. The van der Waals surface area contributed by atoms with Crippen LogP contribution in [0, 0.1) is 0 Å². The number of thioether (sulfide) groups is 1. The number of aliphatic carboxylic acids is 1. The van der Waals surface area contributed by atoms with Crippen molar-refractivity contribution in [3.8, 4) is 0 Å². The smallest absolute Gasteiger partial charge is 0.326 e. The summed E-state index contributed by atoms with van der Waals surface area (Å²) in [5.41, 5.74) is 0. The van der Waals surface area contributed by atoms with Crippen molar-refractivity contribution in [3.05, 3.63) is 0 Å². The molecule has 1 rings (SSSR count). The molecule has 0 aromatic heterocycles. The standard InChI is InChI=1S/C12H21NO4S/c1-12(6-4-8-18-12)11(16)13-9(10(14)15)5-3-7-17-2/h9H,3-8H2,1-2H3,(H,13,16)(H,14,15). The van der Waals surface area contributed by atoms with Gasteiger partial charge >= 0.3 is 5.97 Å². The quantitative estimate of drug-likeness (QED) is 0.684. The SMILES string of the molecule is COCCCC(NC(=O)C1(C)CCCS1)C(=O)O. The first-order valence-electron chi connectivity index (χ1n) is 6.16. The van der Waals surface area contributed by atoms with E-state index in [1.54, 1.807) is 18.9 Å². The second-order valence-electron chi connectivity index (χ2n) is 4.68. The summed E-state index contributed by atoms with van der Waals surface area (Å²) in [5, 5.41) is 11.7. The number of hydrogen-bond donors (Lipinski definition) is 2. The van der Waals surface area contributed by atoms with E-state index in [0.29, 0.717) is 19.4 Å². The summed E-state index contributed by atoms with van der Waals surface area (Å²) in [4.78, 5) is 23.2. The van der Waals surface area contributed by atoms with Crippen molar-refractivity contribution in [2.75, 3.05) is 19.5 Å². The highest BCUT2D eigenvalue weighted by Gasteiger charge is 2.38. The summed E-state index contributed by atoms with van der Waals surface area (Å²) in [7, 11) is 1.57. The van der Waals surface area contributed by atoms with Crippen LogP contribution in [-0.2, 0) is 14.3 Å². The summed E-state index contributed by atoms with van der Waals surface area (Å²) in [5.74, 6) is -0.174.